The summed E-state index contributed by atoms with van der Waals surface area (Å²) in [5, 5.41) is 1.38. The number of rotatable bonds is 7. The molecule has 5 nitrogen and oxygen atoms in total. The molecule has 1 aliphatic heterocycles. The van der Waals surface area contributed by atoms with Crippen LogP contribution in [0.15, 0.2) is 58.5 Å². The molecule has 2 aromatic carbocycles. The second-order valence-electron chi connectivity index (χ2n) is 8.18. The topological polar surface area (TPSA) is 47.4 Å². The molecule has 1 aliphatic rings. The van der Waals surface area contributed by atoms with E-state index >= 15 is 0 Å². The highest BCUT2D eigenvalue weighted by atomic mass is 32.2. The lowest BCUT2D eigenvalue weighted by Crippen LogP contribution is -2.30. The molecule has 0 fully saturated rings. The third kappa shape index (κ3) is 4.50. The van der Waals surface area contributed by atoms with Crippen LogP contribution in [0.3, 0.4) is 0 Å². The molecule has 0 spiro atoms. The first-order valence-electron chi connectivity index (χ1n) is 11.5. The van der Waals surface area contributed by atoms with E-state index in [1.165, 1.54) is 28.8 Å². The SMILES string of the molecule is CCOc1ccc(-n2c(SCc3ccc(F)cc3)nc3sc4c(c3c2=O)CCN(CC)C4)cc1. The minimum atomic E-state index is -0.259. The lowest BCUT2D eigenvalue weighted by Gasteiger charge is -2.25. The first-order chi connectivity index (χ1) is 16.6. The number of fused-ring (bicyclic) bond motifs is 3. The average Bonchev–Trinajstić information content (AvgIpc) is 3.22. The molecule has 0 N–H and O–H groups in total. The van der Waals surface area contributed by atoms with Crippen LogP contribution in [0.25, 0.3) is 15.9 Å². The quantitative estimate of drug-likeness (QED) is 0.245. The first kappa shape index (κ1) is 23.1. The first-order valence-corrected chi connectivity index (χ1v) is 13.3. The van der Waals surface area contributed by atoms with Gasteiger partial charge in [0.25, 0.3) is 5.56 Å². The number of halogens is 1. The predicted octanol–water partition coefficient (Wildman–Crippen LogP) is 5.66. The van der Waals surface area contributed by atoms with Gasteiger partial charge in [0.2, 0.25) is 0 Å². The van der Waals surface area contributed by atoms with Crippen molar-refractivity contribution >= 4 is 33.3 Å². The number of hydrogen-bond donors (Lipinski definition) is 0. The summed E-state index contributed by atoms with van der Waals surface area (Å²) < 4.78 is 20.6. The van der Waals surface area contributed by atoms with Crippen LogP contribution >= 0.6 is 23.1 Å². The zero-order chi connectivity index (χ0) is 23.7. The molecular weight excluding hydrogens is 469 g/mol. The van der Waals surface area contributed by atoms with Gasteiger partial charge in [0, 0.05) is 23.7 Å². The summed E-state index contributed by atoms with van der Waals surface area (Å²) in [4.78, 5) is 23.3. The van der Waals surface area contributed by atoms with Gasteiger partial charge in [-0.2, -0.15) is 0 Å². The highest BCUT2D eigenvalue weighted by Gasteiger charge is 2.25. The molecular formula is C26H26FN3O2S2. The molecule has 0 unspecified atom stereocenters. The van der Waals surface area contributed by atoms with Crippen molar-refractivity contribution in [3.8, 4) is 11.4 Å². The Morgan fingerprint density at radius 2 is 1.88 bits per heavy atom. The summed E-state index contributed by atoms with van der Waals surface area (Å²) >= 11 is 3.12. The Hall–Kier alpha value is -2.68. The summed E-state index contributed by atoms with van der Waals surface area (Å²) in [6, 6.07) is 14.0. The number of hydrogen-bond acceptors (Lipinski definition) is 6. The minimum Gasteiger partial charge on any atom is -0.494 e. The standard InChI is InChI=1S/C26H26FN3O2S2/c1-3-29-14-13-21-22(15-29)34-24-23(21)25(31)30(19-9-11-20(12-10-19)32-4-2)26(28-24)33-16-17-5-7-18(27)8-6-17/h5-12H,3-4,13-16H2,1-2H3. The van der Waals surface area contributed by atoms with Crippen LogP contribution in [0.4, 0.5) is 4.39 Å². The van der Waals surface area contributed by atoms with Crippen LogP contribution in [0, 0.1) is 5.82 Å². The van der Waals surface area contributed by atoms with Crippen LogP contribution in [0.2, 0.25) is 0 Å². The Labute approximate surface area is 206 Å². The molecule has 0 bridgehead atoms. The van der Waals surface area contributed by atoms with Gasteiger partial charge >= 0.3 is 0 Å². The third-order valence-corrected chi connectivity index (χ3v) is 8.18. The largest absolute Gasteiger partial charge is 0.494 e. The van der Waals surface area contributed by atoms with Crippen molar-refractivity contribution in [1.82, 2.24) is 14.5 Å². The number of thiophene rings is 1. The molecule has 0 radical (unpaired) electrons. The van der Waals surface area contributed by atoms with Gasteiger partial charge in [-0.1, -0.05) is 30.8 Å². The second-order valence-corrected chi connectivity index (χ2v) is 10.2. The Morgan fingerprint density at radius 1 is 1.12 bits per heavy atom. The van der Waals surface area contributed by atoms with E-state index in [4.69, 9.17) is 9.72 Å². The molecule has 2 aromatic heterocycles. The maximum Gasteiger partial charge on any atom is 0.267 e. The monoisotopic (exact) mass is 495 g/mol. The number of ether oxygens (including phenoxy) is 1. The maximum atomic E-state index is 13.9. The van der Waals surface area contributed by atoms with Crippen molar-refractivity contribution in [1.29, 1.82) is 0 Å². The van der Waals surface area contributed by atoms with Gasteiger partial charge in [0.05, 0.1) is 17.7 Å². The van der Waals surface area contributed by atoms with Gasteiger partial charge in [0.1, 0.15) is 16.4 Å². The molecule has 0 atom stereocenters. The summed E-state index contributed by atoms with van der Waals surface area (Å²) in [7, 11) is 0. The average molecular weight is 496 g/mol. The van der Waals surface area contributed by atoms with Gasteiger partial charge < -0.3 is 4.74 Å². The lowest BCUT2D eigenvalue weighted by atomic mass is 10.1. The molecule has 5 rings (SSSR count). The summed E-state index contributed by atoms with van der Waals surface area (Å²) in [5.74, 6) is 1.09. The molecule has 0 aliphatic carbocycles. The van der Waals surface area contributed by atoms with Gasteiger partial charge in [-0.05, 0) is 67.4 Å². The highest BCUT2D eigenvalue weighted by Crippen LogP contribution is 2.35. The molecule has 0 saturated heterocycles. The van der Waals surface area contributed by atoms with Crippen LogP contribution in [-0.4, -0.2) is 34.1 Å². The van der Waals surface area contributed by atoms with Gasteiger partial charge in [-0.25, -0.2) is 9.37 Å². The number of aromatic nitrogens is 2. The Morgan fingerprint density at radius 3 is 2.59 bits per heavy atom. The van der Waals surface area contributed by atoms with E-state index in [1.54, 1.807) is 28.0 Å². The summed E-state index contributed by atoms with van der Waals surface area (Å²) in [6.45, 7) is 7.52. The molecule has 0 amide bonds. The number of likely N-dealkylation sites (N-methyl/N-ethyl adjacent to an activating group) is 1. The van der Waals surface area contributed by atoms with Crippen LogP contribution in [-0.2, 0) is 18.7 Å². The van der Waals surface area contributed by atoms with E-state index < -0.39 is 0 Å². The zero-order valence-electron chi connectivity index (χ0n) is 19.2. The van der Waals surface area contributed by atoms with Gasteiger partial charge in [0.15, 0.2) is 5.16 Å². The van der Waals surface area contributed by atoms with E-state index in [0.29, 0.717) is 17.5 Å². The summed E-state index contributed by atoms with van der Waals surface area (Å²) in [6.07, 6.45) is 0.867. The van der Waals surface area contributed by atoms with Gasteiger partial charge in [-0.3, -0.25) is 14.3 Å². The molecule has 0 saturated carbocycles. The van der Waals surface area contributed by atoms with E-state index in [0.717, 1.165) is 58.8 Å². The molecule has 3 heterocycles. The third-order valence-electron chi connectivity index (χ3n) is 6.06. The molecule has 176 valence electrons. The predicted molar refractivity (Wildman–Crippen MR) is 137 cm³/mol. The molecule has 8 heteroatoms. The van der Waals surface area contributed by atoms with Crippen molar-refractivity contribution in [3.63, 3.8) is 0 Å². The smallest absolute Gasteiger partial charge is 0.267 e. The van der Waals surface area contributed by atoms with Crippen LogP contribution in [0.5, 0.6) is 5.75 Å². The van der Waals surface area contributed by atoms with Crippen molar-refractivity contribution in [2.75, 3.05) is 19.7 Å². The van der Waals surface area contributed by atoms with E-state index in [-0.39, 0.29) is 11.4 Å². The number of benzene rings is 2. The number of nitrogens with zero attached hydrogens (tertiary/aromatic N) is 3. The van der Waals surface area contributed by atoms with Crippen molar-refractivity contribution in [3.05, 3.63) is 80.7 Å². The summed E-state index contributed by atoms with van der Waals surface area (Å²) in [5.41, 5.74) is 2.86. The fourth-order valence-corrected chi connectivity index (χ4v) is 6.53. The number of thioether (sulfide) groups is 1. The van der Waals surface area contributed by atoms with Crippen LogP contribution < -0.4 is 10.3 Å². The second kappa shape index (κ2) is 9.90. The van der Waals surface area contributed by atoms with E-state index in [2.05, 4.69) is 11.8 Å². The fraction of sp³-hybridized carbons (Fsp3) is 0.308. The molecule has 4 aromatic rings. The Kier molecular flexibility index (Phi) is 6.72. The van der Waals surface area contributed by atoms with Crippen molar-refractivity contribution < 1.29 is 9.13 Å². The van der Waals surface area contributed by atoms with Crippen molar-refractivity contribution in [2.45, 2.75) is 37.7 Å². The highest BCUT2D eigenvalue weighted by molar-refractivity contribution is 7.98. The van der Waals surface area contributed by atoms with Gasteiger partial charge in [-0.15, -0.1) is 11.3 Å². The normalized spacial score (nSPS) is 13.9. The zero-order valence-corrected chi connectivity index (χ0v) is 20.8. The Bertz CT molecular complexity index is 1360. The van der Waals surface area contributed by atoms with Crippen LogP contribution in [0.1, 0.15) is 29.9 Å². The lowest BCUT2D eigenvalue weighted by molar-refractivity contribution is 0.272. The fourth-order valence-electron chi connectivity index (χ4n) is 4.26. The van der Waals surface area contributed by atoms with E-state index in [9.17, 15) is 9.18 Å². The Balaban J connectivity index is 1.61. The van der Waals surface area contributed by atoms with E-state index in [1.807, 2.05) is 31.2 Å². The minimum absolute atomic E-state index is 0.0294. The maximum absolute atomic E-state index is 13.9. The van der Waals surface area contributed by atoms with Crippen molar-refractivity contribution in [2.24, 2.45) is 0 Å². The molecule has 34 heavy (non-hydrogen) atoms.